The molecule has 0 bridgehead atoms. The topological polar surface area (TPSA) is 74.8 Å². The van der Waals surface area contributed by atoms with Crippen molar-refractivity contribution in [3.8, 4) is 0 Å². The summed E-state index contributed by atoms with van der Waals surface area (Å²) in [7, 11) is 0. The molecule has 1 aromatic carbocycles. The molecule has 3 aromatic rings. The fraction of sp³-hybridized carbons (Fsp3) is 0.407. The summed E-state index contributed by atoms with van der Waals surface area (Å²) in [4.78, 5) is 26.8. The van der Waals surface area contributed by atoms with Gasteiger partial charge in [-0.2, -0.15) is 0 Å². The molecule has 1 fully saturated rings. The zero-order valence-corrected chi connectivity index (χ0v) is 19.8. The van der Waals surface area contributed by atoms with Crippen LogP contribution in [0.15, 0.2) is 46.0 Å². The number of fused-ring (bicyclic) bond motifs is 2. The lowest BCUT2D eigenvalue weighted by atomic mass is 9.90. The Balaban J connectivity index is 1.22. The van der Waals surface area contributed by atoms with E-state index in [1.165, 1.54) is 16.7 Å². The van der Waals surface area contributed by atoms with Gasteiger partial charge < -0.3 is 9.42 Å². The summed E-state index contributed by atoms with van der Waals surface area (Å²) in [6.07, 6.45) is 4.45. The van der Waals surface area contributed by atoms with E-state index in [1.807, 2.05) is 32.2 Å². The van der Waals surface area contributed by atoms with Gasteiger partial charge in [-0.15, -0.1) is 0 Å². The number of pyridine rings is 1. The van der Waals surface area contributed by atoms with Gasteiger partial charge in [0.05, 0.1) is 30.9 Å². The third-order valence-corrected chi connectivity index (χ3v) is 7.24. The Labute approximate surface area is 199 Å². The van der Waals surface area contributed by atoms with E-state index < -0.39 is 0 Å². The van der Waals surface area contributed by atoms with Crippen molar-refractivity contribution in [1.82, 2.24) is 19.9 Å². The summed E-state index contributed by atoms with van der Waals surface area (Å²) in [5, 5.41) is 4.01. The second-order valence-corrected chi connectivity index (χ2v) is 9.79. The molecule has 2 aromatic heterocycles. The number of benzene rings is 1. The highest BCUT2D eigenvalue weighted by molar-refractivity contribution is 6.15. The van der Waals surface area contributed by atoms with Gasteiger partial charge in [-0.3, -0.25) is 19.7 Å². The molecule has 0 spiro atoms. The number of aliphatic imine (C=N–C) groups is 1. The van der Waals surface area contributed by atoms with E-state index in [4.69, 9.17) is 9.52 Å². The molecule has 1 atom stereocenters. The van der Waals surface area contributed by atoms with Gasteiger partial charge >= 0.3 is 0 Å². The van der Waals surface area contributed by atoms with E-state index in [1.54, 1.807) is 0 Å². The fourth-order valence-corrected chi connectivity index (χ4v) is 5.60. The lowest BCUT2D eigenvalue weighted by molar-refractivity contribution is -0.135. The zero-order chi connectivity index (χ0) is 23.2. The van der Waals surface area contributed by atoms with Crippen LogP contribution in [0.3, 0.4) is 0 Å². The van der Waals surface area contributed by atoms with Crippen molar-refractivity contribution in [2.24, 2.45) is 4.99 Å². The number of nitrogens with zero attached hydrogens (tertiary/aromatic N) is 5. The number of piperidine rings is 1. The maximum absolute atomic E-state index is 13.2. The van der Waals surface area contributed by atoms with Crippen molar-refractivity contribution in [2.45, 2.75) is 58.8 Å². The van der Waals surface area contributed by atoms with E-state index in [9.17, 15) is 4.79 Å². The molecular formula is C27H29N5O2. The van der Waals surface area contributed by atoms with Gasteiger partial charge in [-0.25, -0.2) is 0 Å². The molecule has 3 aliphatic rings. The van der Waals surface area contributed by atoms with Gasteiger partial charge in [-0.1, -0.05) is 11.2 Å². The van der Waals surface area contributed by atoms with Crippen LogP contribution < -0.4 is 0 Å². The summed E-state index contributed by atoms with van der Waals surface area (Å²) in [5.74, 6) is 1.13. The average Bonchev–Trinajstić information content (AvgIpc) is 3.42. The lowest BCUT2D eigenvalue weighted by Crippen LogP contribution is -2.51. The molecule has 0 radical (unpaired) electrons. The molecule has 7 heteroatoms. The second kappa shape index (κ2) is 8.47. The number of amides is 1. The number of likely N-dealkylation sites (tertiary alicyclic amines) is 1. The number of rotatable bonds is 4. The van der Waals surface area contributed by atoms with Crippen molar-refractivity contribution >= 4 is 11.6 Å². The molecule has 1 saturated heterocycles. The third-order valence-electron chi connectivity index (χ3n) is 7.24. The van der Waals surface area contributed by atoms with Gasteiger partial charge in [0.1, 0.15) is 0 Å². The highest BCUT2D eigenvalue weighted by Gasteiger charge is 2.33. The fourth-order valence-electron chi connectivity index (χ4n) is 5.60. The summed E-state index contributed by atoms with van der Waals surface area (Å²) in [6.45, 7) is 7.93. The number of hydrogen-bond donors (Lipinski definition) is 0. The molecule has 34 heavy (non-hydrogen) atoms. The molecular weight excluding hydrogens is 426 g/mol. The second-order valence-electron chi connectivity index (χ2n) is 9.79. The quantitative estimate of drug-likeness (QED) is 0.601. The minimum absolute atomic E-state index is 0.225. The van der Waals surface area contributed by atoms with Crippen LogP contribution in [0.25, 0.3) is 0 Å². The van der Waals surface area contributed by atoms with Crippen LogP contribution in [0.4, 0.5) is 0 Å². The summed E-state index contributed by atoms with van der Waals surface area (Å²) < 4.78 is 5.42. The highest BCUT2D eigenvalue weighted by Crippen LogP contribution is 2.32. The maximum Gasteiger partial charge on any atom is 0.227 e. The Kier molecular flexibility index (Phi) is 5.29. The SMILES string of the molecule is Cc1cc(C2=NCc3cc4c(cc32)CN([C@@H]2CCCN(Cc3cc(C)no3)C2)C(=O)C4)ccn1. The Morgan fingerprint density at radius 3 is 2.82 bits per heavy atom. The number of aryl methyl sites for hydroxylation is 2. The van der Waals surface area contributed by atoms with E-state index >= 15 is 0 Å². The predicted octanol–water partition coefficient (Wildman–Crippen LogP) is 3.59. The molecule has 0 saturated carbocycles. The number of carbonyl (C=O) groups is 1. The smallest absolute Gasteiger partial charge is 0.227 e. The Morgan fingerprint density at radius 2 is 2.00 bits per heavy atom. The Hall–Kier alpha value is -3.32. The van der Waals surface area contributed by atoms with Gasteiger partial charge in [0, 0.05) is 48.2 Å². The summed E-state index contributed by atoms with van der Waals surface area (Å²) in [5.41, 5.74) is 8.88. The first-order valence-electron chi connectivity index (χ1n) is 12.1. The maximum atomic E-state index is 13.2. The first kappa shape index (κ1) is 21.2. The first-order chi connectivity index (χ1) is 16.5. The summed E-state index contributed by atoms with van der Waals surface area (Å²) in [6, 6.07) is 10.8. The van der Waals surface area contributed by atoms with Crippen molar-refractivity contribution in [2.75, 3.05) is 13.1 Å². The molecule has 0 unspecified atom stereocenters. The first-order valence-corrected chi connectivity index (χ1v) is 12.1. The zero-order valence-electron chi connectivity index (χ0n) is 19.8. The molecule has 3 aliphatic heterocycles. The van der Waals surface area contributed by atoms with E-state index in [-0.39, 0.29) is 11.9 Å². The minimum Gasteiger partial charge on any atom is -0.360 e. The monoisotopic (exact) mass is 455 g/mol. The largest absolute Gasteiger partial charge is 0.360 e. The van der Waals surface area contributed by atoms with Crippen LogP contribution in [0.2, 0.25) is 0 Å². The van der Waals surface area contributed by atoms with Crippen LogP contribution in [-0.2, 0) is 30.8 Å². The number of hydrogen-bond acceptors (Lipinski definition) is 6. The van der Waals surface area contributed by atoms with Gasteiger partial charge in [-0.05, 0) is 68.1 Å². The molecule has 5 heterocycles. The summed E-state index contributed by atoms with van der Waals surface area (Å²) >= 11 is 0. The highest BCUT2D eigenvalue weighted by atomic mass is 16.5. The average molecular weight is 456 g/mol. The van der Waals surface area contributed by atoms with Crippen molar-refractivity contribution < 1.29 is 9.32 Å². The number of aromatic nitrogens is 2. The van der Waals surface area contributed by atoms with Crippen molar-refractivity contribution in [1.29, 1.82) is 0 Å². The van der Waals surface area contributed by atoms with Crippen LogP contribution in [-0.4, -0.2) is 50.7 Å². The third kappa shape index (κ3) is 3.94. The van der Waals surface area contributed by atoms with E-state index in [0.717, 1.165) is 66.5 Å². The minimum atomic E-state index is 0.225. The standard InChI is InChI=1S/C27H29N5O2/c1-17-8-19(5-6-28-17)27-25-11-22-14-32(26(33)12-20(22)10-21(25)13-29-27)23-4-3-7-31(15-23)16-24-9-18(2)30-34-24/h5-6,8-11,23H,3-4,7,12-16H2,1-2H3/t23-/m1/s1. The van der Waals surface area contributed by atoms with Crippen LogP contribution in [0, 0.1) is 13.8 Å². The Bertz CT molecular complexity index is 1290. The molecule has 0 aliphatic carbocycles. The van der Waals surface area contributed by atoms with Crippen molar-refractivity contribution in [3.63, 3.8) is 0 Å². The van der Waals surface area contributed by atoms with Crippen LogP contribution in [0.5, 0.6) is 0 Å². The molecule has 7 nitrogen and oxygen atoms in total. The van der Waals surface area contributed by atoms with Gasteiger partial charge in [0.25, 0.3) is 0 Å². The molecule has 174 valence electrons. The number of carbonyl (C=O) groups excluding carboxylic acids is 1. The van der Waals surface area contributed by atoms with E-state index in [0.29, 0.717) is 19.5 Å². The Morgan fingerprint density at radius 1 is 1.09 bits per heavy atom. The normalized spacial score (nSPS) is 20.3. The van der Waals surface area contributed by atoms with Gasteiger partial charge in [0.15, 0.2) is 5.76 Å². The molecule has 1 amide bonds. The molecule has 0 N–H and O–H groups in total. The van der Waals surface area contributed by atoms with Gasteiger partial charge in [0.2, 0.25) is 5.91 Å². The van der Waals surface area contributed by atoms with Crippen LogP contribution in [0.1, 0.15) is 57.8 Å². The predicted molar refractivity (Wildman–Crippen MR) is 129 cm³/mol. The molecule has 6 rings (SSSR count). The van der Waals surface area contributed by atoms with Crippen LogP contribution >= 0.6 is 0 Å². The lowest BCUT2D eigenvalue weighted by Gasteiger charge is -2.41. The van der Waals surface area contributed by atoms with Crippen molar-refractivity contribution in [3.05, 3.63) is 81.5 Å². The van der Waals surface area contributed by atoms with E-state index in [2.05, 4.69) is 38.1 Å².